The number of fused-ring (bicyclic) bond motifs is 1. The van der Waals surface area contributed by atoms with Crippen molar-refractivity contribution in [1.82, 2.24) is 15.3 Å². The molecule has 0 aliphatic heterocycles. The van der Waals surface area contributed by atoms with Gasteiger partial charge in [-0.3, -0.25) is 9.97 Å². The second-order valence-electron chi connectivity index (χ2n) is 4.06. The highest BCUT2D eigenvalue weighted by atomic mass is 32.1. The van der Waals surface area contributed by atoms with Gasteiger partial charge in [0.1, 0.15) is 0 Å². The molecule has 0 atom stereocenters. The van der Waals surface area contributed by atoms with Gasteiger partial charge in [-0.15, -0.1) is 11.3 Å². The Kier molecular flexibility index (Phi) is 3.04. The zero-order valence-corrected chi connectivity index (χ0v) is 10.9. The lowest BCUT2D eigenvalue weighted by Gasteiger charge is -2.00. The highest BCUT2D eigenvalue weighted by molar-refractivity contribution is 7.15. The third-order valence-corrected chi connectivity index (χ3v) is 3.90. The van der Waals surface area contributed by atoms with Crippen LogP contribution in [-0.2, 0) is 6.54 Å². The van der Waals surface area contributed by atoms with Gasteiger partial charge in [0.15, 0.2) is 0 Å². The van der Waals surface area contributed by atoms with Gasteiger partial charge < -0.3 is 5.32 Å². The van der Waals surface area contributed by atoms with Crippen molar-refractivity contribution in [1.29, 1.82) is 0 Å². The van der Waals surface area contributed by atoms with Gasteiger partial charge in [-0.2, -0.15) is 0 Å². The summed E-state index contributed by atoms with van der Waals surface area (Å²) < 4.78 is 0. The SMILES string of the molecule is CNCc1ccc(-c2ccc3nccnc3c2)s1. The Hall–Kier alpha value is -1.78. The largest absolute Gasteiger partial charge is 0.315 e. The van der Waals surface area contributed by atoms with E-state index in [2.05, 4.69) is 39.6 Å². The van der Waals surface area contributed by atoms with Gasteiger partial charge in [0.2, 0.25) is 0 Å². The Morgan fingerprint density at radius 2 is 1.89 bits per heavy atom. The predicted octanol–water partition coefficient (Wildman–Crippen LogP) is 3.08. The highest BCUT2D eigenvalue weighted by Gasteiger charge is 2.04. The summed E-state index contributed by atoms with van der Waals surface area (Å²) in [6.45, 7) is 0.915. The average Bonchev–Trinajstić information content (AvgIpc) is 2.87. The smallest absolute Gasteiger partial charge is 0.0893 e. The zero-order chi connectivity index (χ0) is 12.4. The van der Waals surface area contributed by atoms with Gasteiger partial charge in [-0.1, -0.05) is 6.07 Å². The summed E-state index contributed by atoms with van der Waals surface area (Å²) in [5.74, 6) is 0. The Bertz CT molecular complexity index is 675. The second kappa shape index (κ2) is 4.84. The molecule has 1 aromatic carbocycles. The number of thiophene rings is 1. The Morgan fingerprint density at radius 1 is 1.06 bits per heavy atom. The van der Waals surface area contributed by atoms with Crippen LogP contribution in [0.5, 0.6) is 0 Å². The van der Waals surface area contributed by atoms with Crippen LogP contribution >= 0.6 is 11.3 Å². The molecule has 0 spiro atoms. The third-order valence-electron chi connectivity index (χ3n) is 2.77. The van der Waals surface area contributed by atoms with Gasteiger partial charge in [0.25, 0.3) is 0 Å². The van der Waals surface area contributed by atoms with Gasteiger partial charge in [0.05, 0.1) is 11.0 Å². The zero-order valence-electron chi connectivity index (χ0n) is 10.1. The summed E-state index contributed by atoms with van der Waals surface area (Å²) in [5, 5.41) is 3.17. The predicted molar refractivity (Wildman–Crippen MR) is 75.6 cm³/mol. The topological polar surface area (TPSA) is 37.8 Å². The molecule has 2 aromatic heterocycles. The maximum Gasteiger partial charge on any atom is 0.0893 e. The Morgan fingerprint density at radius 3 is 2.72 bits per heavy atom. The molecule has 0 aliphatic carbocycles. The lowest BCUT2D eigenvalue weighted by atomic mass is 10.1. The van der Waals surface area contributed by atoms with E-state index in [1.54, 1.807) is 12.4 Å². The van der Waals surface area contributed by atoms with Crippen molar-refractivity contribution < 1.29 is 0 Å². The first-order valence-corrected chi connectivity index (χ1v) is 6.63. The standard InChI is InChI=1S/C14H13N3S/c1-15-9-11-3-5-14(18-11)10-2-4-12-13(8-10)17-7-6-16-12/h2-8,15H,9H2,1H3. The molecule has 1 N–H and O–H groups in total. The third kappa shape index (κ3) is 2.12. The molecule has 3 nitrogen and oxygen atoms in total. The molecule has 3 aromatic rings. The highest BCUT2D eigenvalue weighted by Crippen LogP contribution is 2.29. The molecule has 0 unspecified atom stereocenters. The van der Waals surface area contributed by atoms with E-state index in [0.717, 1.165) is 17.6 Å². The van der Waals surface area contributed by atoms with Gasteiger partial charge in [-0.05, 0) is 36.9 Å². The summed E-state index contributed by atoms with van der Waals surface area (Å²) in [7, 11) is 1.96. The first-order valence-electron chi connectivity index (χ1n) is 5.81. The first kappa shape index (κ1) is 11.3. The maximum absolute atomic E-state index is 4.34. The van der Waals surface area contributed by atoms with Crippen molar-refractivity contribution >= 4 is 22.4 Å². The van der Waals surface area contributed by atoms with Crippen LogP contribution in [0.1, 0.15) is 4.88 Å². The number of nitrogens with zero attached hydrogens (tertiary/aromatic N) is 2. The fraction of sp³-hybridized carbons (Fsp3) is 0.143. The van der Waals surface area contributed by atoms with E-state index in [1.807, 2.05) is 24.5 Å². The first-order chi connectivity index (χ1) is 8.86. The number of hydrogen-bond acceptors (Lipinski definition) is 4. The van der Waals surface area contributed by atoms with Crippen LogP contribution in [0.3, 0.4) is 0 Å². The quantitative estimate of drug-likeness (QED) is 0.781. The van der Waals surface area contributed by atoms with Crippen LogP contribution in [0, 0.1) is 0 Å². The monoisotopic (exact) mass is 255 g/mol. The lowest BCUT2D eigenvalue weighted by Crippen LogP contribution is -2.02. The molecule has 0 aliphatic rings. The molecule has 0 fully saturated rings. The van der Waals surface area contributed by atoms with Crippen molar-refractivity contribution in [2.24, 2.45) is 0 Å². The molecular formula is C14H13N3S. The molecular weight excluding hydrogens is 242 g/mol. The van der Waals surface area contributed by atoms with E-state index in [1.165, 1.54) is 15.3 Å². The molecule has 90 valence electrons. The van der Waals surface area contributed by atoms with Gasteiger partial charge >= 0.3 is 0 Å². The van der Waals surface area contributed by atoms with Crippen molar-refractivity contribution in [3.8, 4) is 10.4 Å². The molecule has 0 amide bonds. The molecule has 0 saturated carbocycles. The number of nitrogens with one attached hydrogen (secondary N) is 1. The average molecular weight is 255 g/mol. The van der Waals surface area contributed by atoms with Crippen LogP contribution in [0.2, 0.25) is 0 Å². The molecule has 0 saturated heterocycles. The minimum Gasteiger partial charge on any atom is -0.315 e. The van der Waals surface area contributed by atoms with E-state index in [-0.39, 0.29) is 0 Å². The fourth-order valence-electron chi connectivity index (χ4n) is 1.92. The van der Waals surface area contributed by atoms with Crippen LogP contribution < -0.4 is 5.32 Å². The molecule has 3 rings (SSSR count). The van der Waals surface area contributed by atoms with Crippen LogP contribution in [0.25, 0.3) is 21.5 Å². The van der Waals surface area contributed by atoms with Gasteiger partial charge in [0, 0.05) is 28.7 Å². The van der Waals surface area contributed by atoms with Gasteiger partial charge in [-0.25, -0.2) is 0 Å². The van der Waals surface area contributed by atoms with Crippen LogP contribution in [0.4, 0.5) is 0 Å². The van der Waals surface area contributed by atoms with Crippen molar-refractivity contribution in [3.05, 3.63) is 47.6 Å². The minimum atomic E-state index is 0.915. The molecule has 0 bridgehead atoms. The van der Waals surface area contributed by atoms with E-state index < -0.39 is 0 Å². The van der Waals surface area contributed by atoms with E-state index in [0.29, 0.717) is 0 Å². The molecule has 2 heterocycles. The molecule has 4 heteroatoms. The fourth-order valence-corrected chi connectivity index (χ4v) is 2.93. The normalized spacial score (nSPS) is 10.9. The molecule has 0 radical (unpaired) electrons. The van der Waals surface area contributed by atoms with Crippen molar-refractivity contribution in [2.45, 2.75) is 6.54 Å². The van der Waals surface area contributed by atoms with E-state index in [9.17, 15) is 0 Å². The number of rotatable bonds is 3. The maximum atomic E-state index is 4.34. The van der Waals surface area contributed by atoms with E-state index in [4.69, 9.17) is 0 Å². The summed E-state index contributed by atoms with van der Waals surface area (Å²) in [6, 6.07) is 10.5. The number of hydrogen-bond donors (Lipinski definition) is 1. The Balaban J connectivity index is 2.02. The summed E-state index contributed by atoms with van der Waals surface area (Å²) >= 11 is 1.81. The summed E-state index contributed by atoms with van der Waals surface area (Å²) in [4.78, 5) is 11.2. The second-order valence-corrected chi connectivity index (χ2v) is 5.22. The number of aromatic nitrogens is 2. The number of benzene rings is 1. The minimum absolute atomic E-state index is 0.915. The molecule has 18 heavy (non-hydrogen) atoms. The van der Waals surface area contributed by atoms with Crippen LogP contribution in [-0.4, -0.2) is 17.0 Å². The van der Waals surface area contributed by atoms with E-state index >= 15 is 0 Å². The Labute approximate surface area is 110 Å². The summed E-state index contributed by atoms with van der Waals surface area (Å²) in [6.07, 6.45) is 3.45. The van der Waals surface area contributed by atoms with Crippen molar-refractivity contribution in [2.75, 3.05) is 7.05 Å². The summed E-state index contributed by atoms with van der Waals surface area (Å²) in [5.41, 5.74) is 3.09. The lowest BCUT2D eigenvalue weighted by molar-refractivity contribution is 0.831. The van der Waals surface area contributed by atoms with Crippen LogP contribution in [0.15, 0.2) is 42.7 Å². The van der Waals surface area contributed by atoms with Crippen molar-refractivity contribution in [3.63, 3.8) is 0 Å².